The van der Waals surface area contributed by atoms with Crippen molar-refractivity contribution >= 4 is 29.3 Å². The maximum Gasteiger partial charge on any atom is 0.304 e. The Morgan fingerprint density at radius 1 is 1.19 bits per heavy atom. The molecule has 144 valence electrons. The number of aryl methyl sites for hydroxylation is 1. The molecule has 0 radical (unpaired) electrons. The van der Waals surface area contributed by atoms with Gasteiger partial charge >= 0.3 is 5.97 Å². The van der Waals surface area contributed by atoms with Crippen LogP contribution in [0.3, 0.4) is 0 Å². The van der Waals surface area contributed by atoms with E-state index in [4.69, 9.17) is 9.84 Å². The van der Waals surface area contributed by atoms with Gasteiger partial charge in [-0.1, -0.05) is 24.3 Å². The van der Waals surface area contributed by atoms with Gasteiger partial charge in [0.15, 0.2) is 11.6 Å². The highest BCUT2D eigenvalue weighted by atomic mass is 32.2. The zero-order chi connectivity index (χ0) is 19.6. The van der Waals surface area contributed by atoms with Crippen LogP contribution in [0.25, 0.3) is 0 Å². The van der Waals surface area contributed by atoms with Gasteiger partial charge in [-0.05, 0) is 35.7 Å². The predicted octanol–water partition coefficient (Wildman–Crippen LogP) is 4.11. The monoisotopic (exact) mass is 391 g/mol. The summed E-state index contributed by atoms with van der Waals surface area (Å²) in [7, 11) is 1.40. The molecule has 0 unspecified atom stereocenters. The number of methoxy groups -OCH3 is 1. The van der Waals surface area contributed by atoms with Crippen LogP contribution in [0, 0.1) is 5.82 Å². The minimum Gasteiger partial charge on any atom is -0.494 e. The van der Waals surface area contributed by atoms with Gasteiger partial charge in [0, 0.05) is 23.6 Å². The molecular formula is C20H22FNO4S. The summed E-state index contributed by atoms with van der Waals surface area (Å²) >= 11 is 1.53. The number of amides is 1. The van der Waals surface area contributed by atoms with Crippen LogP contribution in [-0.4, -0.2) is 29.8 Å². The summed E-state index contributed by atoms with van der Waals surface area (Å²) in [5.74, 6) is -0.0672. The Morgan fingerprint density at radius 3 is 2.70 bits per heavy atom. The molecule has 2 aromatic carbocycles. The number of hydrogen-bond donors (Lipinski definition) is 2. The van der Waals surface area contributed by atoms with Crippen molar-refractivity contribution in [2.45, 2.75) is 25.0 Å². The fourth-order valence-corrected chi connectivity index (χ4v) is 3.35. The first-order valence-corrected chi connectivity index (χ1v) is 9.64. The number of ether oxygens (including phenoxy) is 1. The van der Waals surface area contributed by atoms with Crippen molar-refractivity contribution in [2.24, 2.45) is 0 Å². The van der Waals surface area contributed by atoms with Crippen LogP contribution < -0.4 is 10.1 Å². The van der Waals surface area contributed by atoms with E-state index in [-0.39, 0.29) is 30.9 Å². The second-order valence-electron chi connectivity index (χ2n) is 5.88. The molecule has 0 aliphatic rings. The van der Waals surface area contributed by atoms with Gasteiger partial charge in [0.05, 0.1) is 13.5 Å². The zero-order valence-corrected chi connectivity index (χ0v) is 15.9. The molecule has 2 rings (SSSR count). The largest absolute Gasteiger partial charge is 0.494 e. The van der Waals surface area contributed by atoms with E-state index in [1.165, 1.54) is 18.9 Å². The van der Waals surface area contributed by atoms with E-state index in [1.54, 1.807) is 24.3 Å². The molecule has 0 fully saturated rings. The molecule has 27 heavy (non-hydrogen) atoms. The lowest BCUT2D eigenvalue weighted by Crippen LogP contribution is -2.13. The molecule has 5 nitrogen and oxygen atoms in total. The molecule has 0 bridgehead atoms. The second-order valence-corrected chi connectivity index (χ2v) is 6.98. The first kappa shape index (κ1) is 20.8. The predicted molar refractivity (Wildman–Crippen MR) is 105 cm³/mol. The van der Waals surface area contributed by atoms with Gasteiger partial charge in [-0.3, -0.25) is 9.59 Å². The number of aliphatic carboxylic acids is 1. The van der Waals surface area contributed by atoms with Gasteiger partial charge in [-0.2, -0.15) is 11.8 Å². The summed E-state index contributed by atoms with van der Waals surface area (Å²) in [4.78, 5) is 22.7. The summed E-state index contributed by atoms with van der Waals surface area (Å²) in [6.45, 7) is 0. The molecule has 0 saturated heterocycles. The van der Waals surface area contributed by atoms with Gasteiger partial charge < -0.3 is 15.2 Å². The van der Waals surface area contributed by atoms with E-state index in [0.29, 0.717) is 22.8 Å². The number of nitrogens with one attached hydrogen (secondary N) is 1. The highest BCUT2D eigenvalue weighted by Crippen LogP contribution is 2.21. The van der Waals surface area contributed by atoms with Crippen LogP contribution in [-0.2, 0) is 21.8 Å². The molecule has 2 N–H and O–H groups in total. The number of thioether (sulfide) groups is 1. The summed E-state index contributed by atoms with van der Waals surface area (Å²) in [5, 5.41) is 11.5. The standard InChI is InChI=1S/C20H22FNO4S/c1-26-17-7-3-5-15(20(17)21)8-9-18(23)22-16-6-2-4-14(12-16)13-27-11-10-19(24)25/h2-7,12H,8-11,13H2,1H3,(H,22,23)(H,24,25). The van der Waals surface area contributed by atoms with Crippen molar-refractivity contribution in [3.8, 4) is 5.75 Å². The third-order valence-electron chi connectivity index (χ3n) is 3.82. The minimum atomic E-state index is -0.809. The molecule has 1 amide bonds. The van der Waals surface area contributed by atoms with E-state index >= 15 is 0 Å². The molecule has 0 saturated carbocycles. The summed E-state index contributed by atoms with van der Waals surface area (Å²) in [6.07, 6.45) is 0.559. The summed E-state index contributed by atoms with van der Waals surface area (Å²) < 4.78 is 19.0. The van der Waals surface area contributed by atoms with Gasteiger partial charge in [0.2, 0.25) is 5.91 Å². The van der Waals surface area contributed by atoms with Crippen LogP contribution in [0.1, 0.15) is 24.0 Å². The Kier molecular flexibility index (Phi) is 8.13. The number of carbonyl (C=O) groups excluding carboxylic acids is 1. The van der Waals surface area contributed by atoms with Crippen molar-refractivity contribution in [3.05, 3.63) is 59.4 Å². The SMILES string of the molecule is COc1cccc(CCC(=O)Nc2cccc(CSCCC(=O)O)c2)c1F. The van der Waals surface area contributed by atoms with Crippen LogP contribution >= 0.6 is 11.8 Å². The molecular weight excluding hydrogens is 369 g/mol. The van der Waals surface area contributed by atoms with Crippen molar-refractivity contribution in [3.63, 3.8) is 0 Å². The van der Waals surface area contributed by atoms with E-state index < -0.39 is 11.8 Å². The summed E-state index contributed by atoms with van der Waals surface area (Å²) in [5.41, 5.74) is 2.11. The highest BCUT2D eigenvalue weighted by molar-refractivity contribution is 7.98. The highest BCUT2D eigenvalue weighted by Gasteiger charge is 2.10. The van der Waals surface area contributed by atoms with Gasteiger partial charge in [0.25, 0.3) is 0 Å². The van der Waals surface area contributed by atoms with E-state index in [1.807, 2.05) is 18.2 Å². The lowest BCUT2D eigenvalue weighted by molar-refractivity contribution is -0.136. The number of rotatable bonds is 10. The first-order valence-electron chi connectivity index (χ1n) is 8.49. The van der Waals surface area contributed by atoms with Gasteiger partial charge in [-0.15, -0.1) is 0 Å². The summed E-state index contributed by atoms with van der Waals surface area (Å²) in [6, 6.07) is 12.3. The Labute approximate surface area is 161 Å². The third-order valence-corrected chi connectivity index (χ3v) is 4.85. The quantitative estimate of drug-likeness (QED) is 0.596. The van der Waals surface area contributed by atoms with Gasteiger partial charge in [0.1, 0.15) is 0 Å². The molecule has 0 aromatic heterocycles. The lowest BCUT2D eigenvalue weighted by atomic mass is 10.1. The van der Waals surface area contributed by atoms with Crippen LogP contribution in [0.15, 0.2) is 42.5 Å². The number of carboxylic acid groups (broad SMARTS) is 1. The zero-order valence-electron chi connectivity index (χ0n) is 15.0. The van der Waals surface area contributed by atoms with Gasteiger partial charge in [-0.25, -0.2) is 4.39 Å². The minimum absolute atomic E-state index is 0.127. The molecule has 0 spiro atoms. The van der Waals surface area contributed by atoms with Crippen molar-refractivity contribution in [1.29, 1.82) is 0 Å². The number of benzene rings is 2. The molecule has 7 heteroatoms. The lowest BCUT2D eigenvalue weighted by Gasteiger charge is -2.09. The van der Waals surface area contributed by atoms with Crippen LogP contribution in [0.2, 0.25) is 0 Å². The van der Waals surface area contributed by atoms with E-state index in [9.17, 15) is 14.0 Å². The molecule has 0 aliphatic carbocycles. The second kappa shape index (κ2) is 10.6. The van der Waals surface area contributed by atoms with E-state index in [0.717, 1.165) is 5.56 Å². The Morgan fingerprint density at radius 2 is 1.96 bits per heavy atom. The number of carboxylic acids is 1. The third kappa shape index (κ3) is 6.94. The molecule has 0 atom stereocenters. The number of anilines is 1. The molecule has 0 aliphatic heterocycles. The normalized spacial score (nSPS) is 10.4. The van der Waals surface area contributed by atoms with Crippen molar-refractivity contribution in [2.75, 3.05) is 18.2 Å². The first-order chi connectivity index (χ1) is 13.0. The smallest absolute Gasteiger partial charge is 0.304 e. The number of halogens is 1. The fraction of sp³-hybridized carbons (Fsp3) is 0.300. The maximum atomic E-state index is 14.1. The average molecular weight is 391 g/mol. The van der Waals surface area contributed by atoms with Crippen molar-refractivity contribution < 1.29 is 23.8 Å². The number of carbonyl (C=O) groups is 2. The fourth-order valence-electron chi connectivity index (χ4n) is 2.47. The Hall–Kier alpha value is -2.54. The average Bonchev–Trinajstić information content (AvgIpc) is 2.64. The maximum absolute atomic E-state index is 14.1. The number of hydrogen-bond acceptors (Lipinski definition) is 4. The molecule has 2 aromatic rings. The topological polar surface area (TPSA) is 75.6 Å². The van der Waals surface area contributed by atoms with Crippen LogP contribution in [0.4, 0.5) is 10.1 Å². The Balaban J connectivity index is 1.85. The Bertz CT molecular complexity index is 797. The van der Waals surface area contributed by atoms with E-state index in [2.05, 4.69) is 5.32 Å². The van der Waals surface area contributed by atoms with Crippen molar-refractivity contribution in [1.82, 2.24) is 0 Å². The van der Waals surface area contributed by atoms with Crippen LogP contribution in [0.5, 0.6) is 5.75 Å². The molecule has 0 heterocycles.